The lowest BCUT2D eigenvalue weighted by Crippen LogP contribution is -2.29. The third kappa shape index (κ3) is 1.83. The molecule has 2 aromatic carbocycles. The number of rotatable bonds is 2. The van der Waals surface area contributed by atoms with Crippen molar-refractivity contribution in [2.45, 2.75) is 25.3 Å². The number of benzene rings is 2. The van der Waals surface area contributed by atoms with Crippen LogP contribution >= 0.6 is 0 Å². The Morgan fingerprint density at radius 2 is 1.55 bits per heavy atom. The van der Waals surface area contributed by atoms with E-state index in [-0.39, 0.29) is 0 Å². The van der Waals surface area contributed by atoms with E-state index in [1.165, 1.54) is 36.2 Å². The van der Waals surface area contributed by atoms with Crippen LogP contribution in [-0.4, -0.2) is 11.8 Å². The lowest BCUT2D eigenvalue weighted by atomic mass is 9.93. The maximum absolute atomic E-state index is 4.96. The average Bonchev–Trinajstić information content (AvgIpc) is 3.11. The molecule has 2 atom stereocenters. The molecule has 0 radical (unpaired) electrons. The summed E-state index contributed by atoms with van der Waals surface area (Å²) < 4.78 is 0. The fourth-order valence-corrected chi connectivity index (χ4v) is 3.53. The predicted octanol–water partition coefficient (Wildman–Crippen LogP) is 4.08. The van der Waals surface area contributed by atoms with E-state index in [0.717, 1.165) is 0 Å². The molecule has 1 aliphatic carbocycles. The van der Waals surface area contributed by atoms with E-state index in [0.29, 0.717) is 12.0 Å². The monoisotopic (exact) mass is 262 g/mol. The van der Waals surface area contributed by atoms with E-state index in [1.807, 2.05) is 0 Å². The Kier molecular flexibility index (Phi) is 2.80. The molecule has 0 bridgehead atoms. The number of fused-ring (bicyclic) bond motifs is 1. The van der Waals surface area contributed by atoms with Gasteiger partial charge in [-0.1, -0.05) is 55.0 Å². The van der Waals surface area contributed by atoms with Gasteiger partial charge in [0, 0.05) is 5.92 Å². The summed E-state index contributed by atoms with van der Waals surface area (Å²) in [6, 6.07) is 21.8. The molecule has 20 heavy (non-hydrogen) atoms. The van der Waals surface area contributed by atoms with Gasteiger partial charge in [0.1, 0.15) is 0 Å². The third-order valence-electron chi connectivity index (χ3n) is 4.45. The summed E-state index contributed by atoms with van der Waals surface area (Å²) in [5.74, 6) is 0.595. The smallest absolute Gasteiger partial charge is 0.0734 e. The van der Waals surface area contributed by atoms with Crippen LogP contribution in [-0.2, 0) is 0 Å². The lowest BCUT2D eigenvalue weighted by Gasteiger charge is -2.22. The SMILES string of the molecule is c1ccc(C2=NN(c3ccccc3)[C@H]3CCC[C@@H]23)cc1. The molecule has 1 saturated carbocycles. The Hall–Kier alpha value is -2.09. The van der Waals surface area contributed by atoms with Crippen LogP contribution in [0, 0.1) is 5.92 Å². The summed E-state index contributed by atoms with van der Waals surface area (Å²) in [5.41, 5.74) is 3.77. The van der Waals surface area contributed by atoms with Crippen LogP contribution in [0.5, 0.6) is 0 Å². The molecule has 2 aliphatic rings. The van der Waals surface area contributed by atoms with Crippen molar-refractivity contribution < 1.29 is 0 Å². The molecular weight excluding hydrogens is 244 g/mol. The third-order valence-corrected chi connectivity index (χ3v) is 4.45. The number of nitrogens with zero attached hydrogens (tertiary/aromatic N) is 2. The molecule has 0 spiro atoms. The zero-order valence-corrected chi connectivity index (χ0v) is 11.4. The minimum absolute atomic E-state index is 0.549. The van der Waals surface area contributed by atoms with Gasteiger partial charge < -0.3 is 0 Å². The van der Waals surface area contributed by atoms with Crippen LogP contribution in [0.1, 0.15) is 24.8 Å². The van der Waals surface area contributed by atoms with Crippen LogP contribution in [0.15, 0.2) is 65.8 Å². The van der Waals surface area contributed by atoms with E-state index in [9.17, 15) is 0 Å². The second-order valence-electron chi connectivity index (χ2n) is 5.64. The molecular formula is C18H18N2. The highest BCUT2D eigenvalue weighted by atomic mass is 15.5. The van der Waals surface area contributed by atoms with E-state index in [4.69, 9.17) is 5.10 Å². The van der Waals surface area contributed by atoms with Crippen LogP contribution in [0.3, 0.4) is 0 Å². The van der Waals surface area contributed by atoms with Crippen molar-refractivity contribution in [2.24, 2.45) is 11.0 Å². The number of hydrazone groups is 1. The fraction of sp³-hybridized carbons (Fsp3) is 0.278. The fourth-order valence-electron chi connectivity index (χ4n) is 3.53. The van der Waals surface area contributed by atoms with Crippen molar-refractivity contribution in [1.82, 2.24) is 0 Å². The summed E-state index contributed by atoms with van der Waals surface area (Å²) in [6.07, 6.45) is 3.83. The molecule has 100 valence electrons. The highest BCUT2D eigenvalue weighted by Gasteiger charge is 2.41. The summed E-state index contributed by atoms with van der Waals surface area (Å²) in [7, 11) is 0. The van der Waals surface area contributed by atoms with E-state index in [2.05, 4.69) is 65.7 Å². The first kappa shape index (κ1) is 11.7. The van der Waals surface area contributed by atoms with Crippen LogP contribution in [0.4, 0.5) is 5.69 Å². The van der Waals surface area contributed by atoms with E-state index >= 15 is 0 Å². The maximum Gasteiger partial charge on any atom is 0.0734 e. The predicted molar refractivity (Wildman–Crippen MR) is 83.0 cm³/mol. The average molecular weight is 262 g/mol. The summed E-state index contributed by atoms with van der Waals surface area (Å²) >= 11 is 0. The molecule has 1 heterocycles. The molecule has 0 saturated heterocycles. The van der Waals surface area contributed by atoms with Crippen molar-refractivity contribution in [2.75, 3.05) is 5.01 Å². The van der Waals surface area contributed by atoms with Crippen molar-refractivity contribution in [1.29, 1.82) is 0 Å². The van der Waals surface area contributed by atoms with Crippen LogP contribution < -0.4 is 5.01 Å². The summed E-state index contributed by atoms with van der Waals surface area (Å²) in [4.78, 5) is 0. The number of anilines is 1. The zero-order valence-electron chi connectivity index (χ0n) is 11.4. The molecule has 0 N–H and O–H groups in total. The molecule has 4 rings (SSSR count). The highest BCUT2D eigenvalue weighted by molar-refractivity contribution is 6.05. The van der Waals surface area contributed by atoms with Gasteiger partial charge >= 0.3 is 0 Å². The standard InChI is InChI=1S/C18H18N2/c1-3-8-14(9-4-1)18-16-12-7-13-17(16)20(19-18)15-10-5-2-6-11-15/h1-6,8-11,16-17H,7,12-13H2/t16-,17+/m1/s1. The molecule has 2 heteroatoms. The van der Waals surface area contributed by atoms with Crippen molar-refractivity contribution in [3.8, 4) is 0 Å². The van der Waals surface area contributed by atoms with Crippen molar-refractivity contribution >= 4 is 11.4 Å². The van der Waals surface area contributed by atoms with Gasteiger partial charge in [0.25, 0.3) is 0 Å². The number of para-hydroxylation sites is 1. The van der Waals surface area contributed by atoms with Crippen LogP contribution in [0.2, 0.25) is 0 Å². The molecule has 2 nitrogen and oxygen atoms in total. The molecule has 0 unspecified atom stereocenters. The topological polar surface area (TPSA) is 15.6 Å². The van der Waals surface area contributed by atoms with E-state index in [1.54, 1.807) is 0 Å². The van der Waals surface area contributed by atoms with Gasteiger partial charge in [-0.25, -0.2) is 0 Å². The normalized spacial score (nSPS) is 24.6. The summed E-state index contributed by atoms with van der Waals surface area (Å²) in [5, 5.41) is 7.21. The molecule has 1 fully saturated rings. The number of hydrogen-bond donors (Lipinski definition) is 0. The largest absolute Gasteiger partial charge is 0.262 e. The molecule has 1 aliphatic heterocycles. The van der Waals surface area contributed by atoms with E-state index < -0.39 is 0 Å². The lowest BCUT2D eigenvalue weighted by molar-refractivity contribution is 0.602. The highest BCUT2D eigenvalue weighted by Crippen LogP contribution is 2.40. The first-order valence-corrected chi connectivity index (χ1v) is 7.42. The molecule has 2 aromatic rings. The molecule has 0 amide bonds. The van der Waals surface area contributed by atoms with Gasteiger partial charge in [0.05, 0.1) is 17.4 Å². The Bertz CT molecular complexity index is 618. The van der Waals surface area contributed by atoms with Gasteiger partial charge in [-0.15, -0.1) is 0 Å². The quantitative estimate of drug-likeness (QED) is 0.796. The van der Waals surface area contributed by atoms with Crippen molar-refractivity contribution in [3.05, 3.63) is 66.2 Å². The Labute approximate surface area is 119 Å². The number of hydrogen-bond acceptors (Lipinski definition) is 2. The second-order valence-corrected chi connectivity index (χ2v) is 5.64. The Morgan fingerprint density at radius 3 is 2.30 bits per heavy atom. The van der Waals surface area contributed by atoms with Gasteiger partial charge in [-0.05, 0) is 30.5 Å². The maximum atomic E-state index is 4.96. The first-order chi connectivity index (χ1) is 9.93. The van der Waals surface area contributed by atoms with Crippen LogP contribution in [0.25, 0.3) is 0 Å². The molecule has 0 aromatic heterocycles. The Morgan fingerprint density at radius 1 is 0.850 bits per heavy atom. The van der Waals surface area contributed by atoms with Gasteiger partial charge in [0.15, 0.2) is 0 Å². The van der Waals surface area contributed by atoms with Gasteiger partial charge in [-0.2, -0.15) is 5.10 Å². The van der Waals surface area contributed by atoms with Gasteiger partial charge in [0.2, 0.25) is 0 Å². The minimum Gasteiger partial charge on any atom is -0.262 e. The Balaban J connectivity index is 1.76. The van der Waals surface area contributed by atoms with Crippen molar-refractivity contribution in [3.63, 3.8) is 0 Å². The van der Waals surface area contributed by atoms with Gasteiger partial charge in [-0.3, -0.25) is 5.01 Å². The minimum atomic E-state index is 0.549. The first-order valence-electron chi connectivity index (χ1n) is 7.42. The zero-order chi connectivity index (χ0) is 13.4. The second kappa shape index (κ2) is 4.78. The summed E-state index contributed by atoms with van der Waals surface area (Å²) in [6.45, 7) is 0.